The summed E-state index contributed by atoms with van der Waals surface area (Å²) in [5.74, 6) is -0.926. The van der Waals surface area contributed by atoms with Gasteiger partial charge in [-0.05, 0) is 61.4 Å². The van der Waals surface area contributed by atoms with Crippen molar-refractivity contribution in [1.82, 2.24) is 5.32 Å². The van der Waals surface area contributed by atoms with Gasteiger partial charge in [0.2, 0.25) is 0 Å². The zero-order valence-corrected chi connectivity index (χ0v) is 16.6. The summed E-state index contributed by atoms with van der Waals surface area (Å²) < 4.78 is 6.05. The van der Waals surface area contributed by atoms with Crippen LogP contribution in [0, 0.1) is 13.8 Å². The fourth-order valence-electron chi connectivity index (χ4n) is 2.95. The maximum atomic E-state index is 13.0. The summed E-state index contributed by atoms with van der Waals surface area (Å²) in [6.45, 7) is 3.74. The van der Waals surface area contributed by atoms with Crippen LogP contribution in [0.25, 0.3) is 6.08 Å². The molecular formula is C20H17BrN2O4. The highest BCUT2D eigenvalue weighted by atomic mass is 79.9. The molecule has 0 aromatic heterocycles. The molecule has 138 valence electrons. The topological polar surface area (TPSA) is 75.7 Å². The van der Waals surface area contributed by atoms with Gasteiger partial charge in [-0.2, -0.15) is 0 Å². The van der Waals surface area contributed by atoms with E-state index in [1.165, 1.54) is 13.2 Å². The van der Waals surface area contributed by atoms with Gasteiger partial charge >= 0.3 is 6.03 Å². The van der Waals surface area contributed by atoms with E-state index >= 15 is 0 Å². The van der Waals surface area contributed by atoms with Gasteiger partial charge in [-0.1, -0.05) is 22.0 Å². The molecule has 27 heavy (non-hydrogen) atoms. The Hall–Kier alpha value is -2.93. The van der Waals surface area contributed by atoms with Gasteiger partial charge in [0.15, 0.2) is 0 Å². The average molecular weight is 429 g/mol. The molecule has 0 unspecified atom stereocenters. The molecule has 2 aromatic rings. The number of anilines is 1. The van der Waals surface area contributed by atoms with Crippen LogP contribution in [0.4, 0.5) is 10.5 Å². The first-order valence-corrected chi connectivity index (χ1v) is 8.92. The number of carbonyl (C=O) groups excluding carboxylic acids is 3. The molecule has 0 bridgehead atoms. The van der Waals surface area contributed by atoms with Gasteiger partial charge in [0.25, 0.3) is 11.8 Å². The first kappa shape index (κ1) is 18.8. The van der Waals surface area contributed by atoms with E-state index in [1.807, 2.05) is 19.9 Å². The number of ether oxygens (including phenoxy) is 1. The van der Waals surface area contributed by atoms with Crippen LogP contribution in [0.1, 0.15) is 16.7 Å². The second-order valence-electron chi connectivity index (χ2n) is 6.19. The molecule has 1 aliphatic rings. The fraction of sp³-hybridized carbons (Fsp3) is 0.150. The summed E-state index contributed by atoms with van der Waals surface area (Å²) >= 11 is 3.36. The third-order valence-electron chi connectivity index (χ3n) is 4.06. The minimum absolute atomic E-state index is 0.148. The summed E-state index contributed by atoms with van der Waals surface area (Å²) in [5, 5.41) is 2.23. The number of methoxy groups -OCH3 is 1. The first-order valence-electron chi connectivity index (χ1n) is 8.13. The number of rotatable bonds is 3. The zero-order valence-electron chi connectivity index (χ0n) is 15.0. The third kappa shape index (κ3) is 3.78. The first-order chi connectivity index (χ1) is 12.8. The number of halogens is 1. The minimum Gasteiger partial charge on any atom is -0.496 e. The van der Waals surface area contributed by atoms with Gasteiger partial charge < -0.3 is 4.74 Å². The Bertz CT molecular complexity index is 977. The molecule has 3 rings (SSSR count). The molecule has 0 spiro atoms. The second kappa shape index (κ2) is 7.36. The molecular weight excluding hydrogens is 412 g/mol. The highest BCUT2D eigenvalue weighted by molar-refractivity contribution is 9.10. The number of imide groups is 2. The van der Waals surface area contributed by atoms with E-state index in [0.29, 0.717) is 17.0 Å². The number of nitrogens with zero attached hydrogens (tertiary/aromatic N) is 1. The number of nitrogens with one attached hydrogen (secondary N) is 1. The number of hydrogen-bond acceptors (Lipinski definition) is 4. The van der Waals surface area contributed by atoms with Crippen LogP contribution in [0.2, 0.25) is 0 Å². The summed E-state index contributed by atoms with van der Waals surface area (Å²) in [5.41, 5.74) is 2.61. The van der Waals surface area contributed by atoms with Crippen molar-refractivity contribution in [3.63, 3.8) is 0 Å². The van der Waals surface area contributed by atoms with Gasteiger partial charge in [-0.3, -0.25) is 14.9 Å². The molecule has 1 heterocycles. The van der Waals surface area contributed by atoms with Crippen molar-refractivity contribution < 1.29 is 19.1 Å². The number of amides is 4. The second-order valence-corrected chi connectivity index (χ2v) is 7.11. The Labute approximate surface area is 164 Å². The molecule has 1 saturated heterocycles. The zero-order chi connectivity index (χ0) is 19.7. The van der Waals surface area contributed by atoms with Gasteiger partial charge in [0.1, 0.15) is 11.3 Å². The average Bonchev–Trinajstić information content (AvgIpc) is 2.57. The largest absolute Gasteiger partial charge is 0.496 e. The standard InChI is InChI=1S/C20H17BrN2O4/c1-11-6-12(2)8-15(7-11)23-19(25)16(18(24)22-20(23)26)10-13-9-14(21)4-5-17(13)27-3/h4-10H,1-3H3,(H,22,24,26)/b16-10+. The number of urea groups is 1. The lowest BCUT2D eigenvalue weighted by Gasteiger charge is -2.27. The Balaban J connectivity index is 2.09. The van der Waals surface area contributed by atoms with E-state index in [0.717, 1.165) is 20.5 Å². The van der Waals surface area contributed by atoms with Crippen LogP contribution in [-0.2, 0) is 9.59 Å². The Kier molecular flexibility index (Phi) is 5.14. The lowest BCUT2D eigenvalue weighted by atomic mass is 10.0. The van der Waals surface area contributed by atoms with Crippen LogP contribution >= 0.6 is 15.9 Å². The summed E-state index contributed by atoms with van der Waals surface area (Å²) in [4.78, 5) is 38.6. The molecule has 7 heteroatoms. The van der Waals surface area contributed by atoms with Crippen LogP contribution in [0.5, 0.6) is 5.75 Å². The molecule has 0 radical (unpaired) electrons. The van der Waals surface area contributed by atoms with Crippen molar-refractivity contribution in [2.75, 3.05) is 12.0 Å². The highest BCUT2D eigenvalue weighted by Crippen LogP contribution is 2.28. The lowest BCUT2D eigenvalue weighted by Crippen LogP contribution is -2.54. The number of barbiturate groups is 1. The summed E-state index contributed by atoms with van der Waals surface area (Å²) in [6.07, 6.45) is 1.42. The van der Waals surface area contributed by atoms with Crippen molar-refractivity contribution in [2.45, 2.75) is 13.8 Å². The van der Waals surface area contributed by atoms with E-state index in [9.17, 15) is 14.4 Å². The summed E-state index contributed by atoms with van der Waals surface area (Å²) in [6, 6.07) is 9.83. The van der Waals surface area contributed by atoms with E-state index in [-0.39, 0.29) is 5.57 Å². The molecule has 0 aliphatic carbocycles. The van der Waals surface area contributed by atoms with Crippen molar-refractivity contribution in [3.8, 4) is 5.75 Å². The normalized spacial score (nSPS) is 15.9. The smallest absolute Gasteiger partial charge is 0.335 e. The number of hydrogen-bond donors (Lipinski definition) is 1. The molecule has 4 amide bonds. The van der Waals surface area contributed by atoms with Crippen molar-refractivity contribution in [2.24, 2.45) is 0 Å². The van der Waals surface area contributed by atoms with E-state index in [1.54, 1.807) is 30.3 Å². The van der Waals surface area contributed by atoms with E-state index in [4.69, 9.17) is 4.74 Å². The van der Waals surface area contributed by atoms with Crippen LogP contribution in [0.15, 0.2) is 46.4 Å². The quantitative estimate of drug-likeness (QED) is 0.596. The highest BCUT2D eigenvalue weighted by Gasteiger charge is 2.37. The lowest BCUT2D eigenvalue weighted by molar-refractivity contribution is -0.122. The molecule has 0 saturated carbocycles. The van der Waals surface area contributed by atoms with Gasteiger partial charge in [-0.25, -0.2) is 9.69 Å². The van der Waals surface area contributed by atoms with Crippen LogP contribution in [-0.4, -0.2) is 25.0 Å². The van der Waals surface area contributed by atoms with Gasteiger partial charge in [-0.15, -0.1) is 0 Å². The predicted molar refractivity (Wildman–Crippen MR) is 106 cm³/mol. The Morgan fingerprint density at radius 3 is 2.33 bits per heavy atom. The summed E-state index contributed by atoms with van der Waals surface area (Å²) in [7, 11) is 1.50. The van der Waals surface area contributed by atoms with E-state index in [2.05, 4.69) is 21.2 Å². The fourth-order valence-corrected chi connectivity index (χ4v) is 3.32. The van der Waals surface area contributed by atoms with Crippen LogP contribution < -0.4 is 15.0 Å². The molecule has 0 atom stereocenters. The number of benzene rings is 2. The Morgan fingerprint density at radius 2 is 1.70 bits per heavy atom. The van der Waals surface area contributed by atoms with Gasteiger partial charge in [0, 0.05) is 10.0 Å². The van der Waals surface area contributed by atoms with Crippen molar-refractivity contribution in [3.05, 3.63) is 63.1 Å². The number of carbonyl (C=O) groups is 3. The minimum atomic E-state index is -0.770. The molecule has 2 aromatic carbocycles. The number of aryl methyl sites for hydroxylation is 2. The SMILES string of the molecule is COc1ccc(Br)cc1/C=C1\C(=O)NC(=O)N(c2cc(C)cc(C)c2)C1=O. The van der Waals surface area contributed by atoms with Crippen LogP contribution in [0.3, 0.4) is 0 Å². The van der Waals surface area contributed by atoms with E-state index < -0.39 is 17.8 Å². The van der Waals surface area contributed by atoms with Crippen molar-refractivity contribution >= 4 is 45.5 Å². The van der Waals surface area contributed by atoms with Gasteiger partial charge in [0.05, 0.1) is 12.8 Å². The maximum absolute atomic E-state index is 13.0. The molecule has 1 fully saturated rings. The van der Waals surface area contributed by atoms with Crippen molar-refractivity contribution in [1.29, 1.82) is 0 Å². The monoisotopic (exact) mass is 428 g/mol. The molecule has 1 N–H and O–H groups in total. The molecule has 6 nitrogen and oxygen atoms in total. The Morgan fingerprint density at radius 1 is 1.04 bits per heavy atom. The predicted octanol–water partition coefficient (Wildman–Crippen LogP) is 3.74. The third-order valence-corrected chi connectivity index (χ3v) is 4.55. The maximum Gasteiger partial charge on any atom is 0.335 e. The molecule has 1 aliphatic heterocycles.